The first-order valence-corrected chi connectivity index (χ1v) is 4.10. The van der Waals surface area contributed by atoms with Crippen molar-refractivity contribution >= 4 is 11.6 Å². The van der Waals surface area contributed by atoms with Gasteiger partial charge in [-0.1, -0.05) is 18.2 Å². The van der Waals surface area contributed by atoms with E-state index in [4.69, 9.17) is 0 Å². The summed E-state index contributed by atoms with van der Waals surface area (Å²) < 4.78 is 11.9. The van der Waals surface area contributed by atoms with Crippen LogP contribution in [0.4, 0.5) is 10.1 Å². The van der Waals surface area contributed by atoms with E-state index in [0.717, 1.165) is 11.3 Å². The summed E-state index contributed by atoms with van der Waals surface area (Å²) in [6.07, 6.45) is 0. The molecule has 0 fully saturated rings. The number of halogens is 1. The van der Waals surface area contributed by atoms with Crippen LogP contribution in [0.25, 0.3) is 0 Å². The second-order valence-corrected chi connectivity index (χ2v) is 2.75. The van der Waals surface area contributed by atoms with Gasteiger partial charge in [-0.2, -0.15) is 0 Å². The van der Waals surface area contributed by atoms with E-state index in [0.29, 0.717) is 12.5 Å². The molecule has 0 radical (unpaired) electrons. The summed E-state index contributed by atoms with van der Waals surface area (Å²) in [5.41, 5.74) is 2.03. The van der Waals surface area contributed by atoms with Crippen LogP contribution in [0.2, 0.25) is 0 Å². The zero-order valence-electron chi connectivity index (χ0n) is 7.05. The number of hydrogen-bond acceptors (Lipinski definition) is 3. The van der Waals surface area contributed by atoms with Crippen molar-refractivity contribution in [3.8, 4) is 0 Å². The molecule has 13 heavy (non-hydrogen) atoms. The SMILES string of the molecule is FCNC1=Nc2ccccc2CN1. The van der Waals surface area contributed by atoms with Crippen LogP contribution < -0.4 is 10.6 Å². The van der Waals surface area contributed by atoms with Gasteiger partial charge in [-0.25, -0.2) is 9.38 Å². The van der Waals surface area contributed by atoms with Crippen molar-refractivity contribution in [1.29, 1.82) is 0 Å². The summed E-state index contributed by atoms with van der Waals surface area (Å²) >= 11 is 0. The highest BCUT2D eigenvalue weighted by atomic mass is 19.1. The number of hydrogen-bond donors (Lipinski definition) is 2. The molecule has 1 aromatic carbocycles. The molecule has 0 spiro atoms. The van der Waals surface area contributed by atoms with Gasteiger partial charge >= 0.3 is 0 Å². The third-order valence-electron chi connectivity index (χ3n) is 1.90. The van der Waals surface area contributed by atoms with Crippen LogP contribution in [-0.4, -0.2) is 12.8 Å². The lowest BCUT2D eigenvalue weighted by atomic mass is 10.1. The fourth-order valence-corrected chi connectivity index (χ4v) is 1.27. The Bertz CT molecular complexity index is 335. The molecule has 4 heteroatoms. The van der Waals surface area contributed by atoms with Crippen LogP contribution in [-0.2, 0) is 6.54 Å². The molecule has 3 nitrogen and oxygen atoms in total. The summed E-state index contributed by atoms with van der Waals surface area (Å²) in [4.78, 5) is 4.19. The number of alkyl halides is 1. The van der Waals surface area contributed by atoms with Crippen molar-refractivity contribution in [3.63, 3.8) is 0 Å². The fraction of sp³-hybridized carbons (Fsp3) is 0.222. The number of benzene rings is 1. The molecular formula is C9H10FN3. The van der Waals surface area contributed by atoms with Crippen molar-refractivity contribution in [2.24, 2.45) is 4.99 Å². The predicted molar refractivity (Wildman–Crippen MR) is 49.5 cm³/mol. The minimum atomic E-state index is -0.603. The van der Waals surface area contributed by atoms with E-state index in [1.54, 1.807) is 0 Å². The zero-order chi connectivity index (χ0) is 9.10. The molecule has 1 aromatic rings. The molecule has 0 bridgehead atoms. The molecule has 0 saturated heterocycles. The van der Waals surface area contributed by atoms with Gasteiger partial charge in [0, 0.05) is 6.54 Å². The molecule has 0 amide bonds. The molecular weight excluding hydrogens is 169 g/mol. The van der Waals surface area contributed by atoms with Crippen molar-refractivity contribution in [1.82, 2.24) is 10.6 Å². The van der Waals surface area contributed by atoms with Gasteiger partial charge in [0.15, 0.2) is 12.8 Å². The van der Waals surface area contributed by atoms with Crippen molar-refractivity contribution in [3.05, 3.63) is 29.8 Å². The quantitative estimate of drug-likeness (QED) is 0.637. The highest BCUT2D eigenvalue weighted by molar-refractivity contribution is 5.84. The number of rotatable bonds is 1. The Hall–Kier alpha value is -1.58. The number of para-hydroxylation sites is 1. The number of nitrogens with zero attached hydrogens (tertiary/aromatic N) is 1. The van der Waals surface area contributed by atoms with Gasteiger partial charge in [-0.3, -0.25) is 0 Å². The van der Waals surface area contributed by atoms with Gasteiger partial charge < -0.3 is 10.6 Å². The van der Waals surface area contributed by atoms with Gasteiger partial charge in [0.05, 0.1) is 5.69 Å². The first kappa shape index (κ1) is 8.04. The molecule has 0 aromatic heterocycles. The van der Waals surface area contributed by atoms with E-state index in [1.165, 1.54) is 0 Å². The van der Waals surface area contributed by atoms with Crippen LogP contribution in [0, 0.1) is 0 Å². The summed E-state index contributed by atoms with van der Waals surface area (Å²) in [6.45, 7) is 0.0933. The second-order valence-electron chi connectivity index (χ2n) is 2.75. The van der Waals surface area contributed by atoms with Crippen molar-refractivity contribution < 1.29 is 4.39 Å². The summed E-state index contributed by atoms with van der Waals surface area (Å²) in [6, 6.07) is 7.79. The average Bonchev–Trinajstić information content (AvgIpc) is 2.18. The Kier molecular flexibility index (Phi) is 2.12. The summed E-state index contributed by atoms with van der Waals surface area (Å²) in [7, 11) is 0. The minimum absolute atomic E-state index is 0.501. The normalized spacial score (nSPS) is 14.1. The maximum absolute atomic E-state index is 11.9. The largest absolute Gasteiger partial charge is 0.352 e. The Morgan fingerprint density at radius 1 is 1.46 bits per heavy atom. The van der Waals surface area contributed by atoms with Gasteiger partial charge in [0.1, 0.15) is 0 Å². The van der Waals surface area contributed by atoms with Crippen LogP contribution in [0.5, 0.6) is 0 Å². The Morgan fingerprint density at radius 3 is 3.15 bits per heavy atom. The molecule has 2 N–H and O–H groups in total. The number of fused-ring (bicyclic) bond motifs is 1. The average molecular weight is 179 g/mol. The second kappa shape index (κ2) is 3.43. The summed E-state index contributed by atoms with van der Waals surface area (Å²) in [5, 5.41) is 5.47. The molecule has 0 unspecified atom stereocenters. The Balaban J connectivity index is 2.28. The first-order valence-electron chi connectivity index (χ1n) is 4.10. The van der Waals surface area contributed by atoms with E-state index >= 15 is 0 Å². The molecule has 0 atom stereocenters. The van der Waals surface area contributed by atoms with Crippen LogP contribution in [0.15, 0.2) is 29.3 Å². The lowest BCUT2D eigenvalue weighted by Crippen LogP contribution is -2.37. The minimum Gasteiger partial charge on any atom is -0.352 e. The van der Waals surface area contributed by atoms with E-state index in [-0.39, 0.29) is 0 Å². The highest BCUT2D eigenvalue weighted by Crippen LogP contribution is 2.20. The molecule has 2 rings (SSSR count). The van der Waals surface area contributed by atoms with Crippen LogP contribution >= 0.6 is 0 Å². The third kappa shape index (κ3) is 1.61. The first-order chi connectivity index (χ1) is 6.40. The molecule has 68 valence electrons. The molecule has 1 aliphatic rings. The van der Waals surface area contributed by atoms with E-state index < -0.39 is 6.80 Å². The number of nitrogens with one attached hydrogen (secondary N) is 2. The fourth-order valence-electron chi connectivity index (χ4n) is 1.27. The van der Waals surface area contributed by atoms with Crippen LogP contribution in [0.1, 0.15) is 5.56 Å². The maximum atomic E-state index is 11.9. The topological polar surface area (TPSA) is 36.4 Å². The number of aliphatic imine (C=N–C) groups is 1. The molecule has 1 aliphatic heterocycles. The van der Waals surface area contributed by atoms with Gasteiger partial charge in [0.25, 0.3) is 0 Å². The predicted octanol–water partition coefficient (Wildman–Crippen LogP) is 1.29. The Labute approximate surface area is 75.7 Å². The zero-order valence-corrected chi connectivity index (χ0v) is 7.05. The van der Waals surface area contributed by atoms with Crippen molar-refractivity contribution in [2.45, 2.75) is 6.54 Å². The van der Waals surface area contributed by atoms with Crippen molar-refractivity contribution in [2.75, 3.05) is 6.80 Å². The van der Waals surface area contributed by atoms with E-state index in [1.807, 2.05) is 24.3 Å². The standard InChI is InChI=1S/C9H10FN3/c10-6-12-9-11-5-7-3-1-2-4-8(7)13-9/h1-4H,5-6H2,(H2,11,12,13). The van der Waals surface area contributed by atoms with Gasteiger partial charge in [0.2, 0.25) is 0 Å². The monoisotopic (exact) mass is 179 g/mol. The van der Waals surface area contributed by atoms with Gasteiger partial charge in [-0.05, 0) is 11.6 Å². The summed E-state index contributed by atoms with van der Waals surface area (Å²) in [5.74, 6) is 0.501. The smallest absolute Gasteiger partial charge is 0.198 e. The highest BCUT2D eigenvalue weighted by Gasteiger charge is 2.08. The molecule has 0 aliphatic carbocycles. The third-order valence-corrected chi connectivity index (χ3v) is 1.90. The Morgan fingerprint density at radius 2 is 2.31 bits per heavy atom. The molecule has 0 saturated carbocycles. The van der Waals surface area contributed by atoms with Gasteiger partial charge in [-0.15, -0.1) is 0 Å². The number of guanidine groups is 1. The maximum Gasteiger partial charge on any atom is 0.198 e. The van der Waals surface area contributed by atoms with E-state index in [2.05, 4.69) is 15.6 Å². The lowest BCUT2D eigenvalue weighted by Gasteiger charge is -2.16. The lowest BCUT2D eigenvalue weighted by molar-refractivity contribution is 0.471. The molecule has 1 heterocycles. The van der Waals surface area contributed by atoms with E-state index in [9.17, 15) is 4.39 Å². The van der Waals surface area contributed by atoms with Crippen LogP contribution in [0.3, 0.4) is 0 Å².